The molecule has 3 aromatic rings. The Balaban J connectivity index is 1.97. The maximum Gasteiger partial charge on any atom is 0.256 e. The number of nitrogens with one attached hydrogen (secondary N) is 2. The van der Waals surface area contributed by atoms with Crippen LogP contribution in [0.2, 0.25) is 0 Å². The van der Waals surface area contributed by atoms with Crippen LogP contribution in [0.3, 0.4) is 0 Å². The fourth-order valence-electron chi connectivity index (χ4n) is 3.42. The van der Waals surface area contributed by atoms with Gasteiger partial charge >= 0.3 is 0 Å². The van der Waals surface area contributed by atoms with Crippen LogP contribution in [0.15, 0.2) is 66.7 Å². The molecule has 0 saturated carbocycles. The number of hydrogen-bond donors (Lipinski definition) is 2. The minimum Gasteiger partial charge on any atom is -0.496 e. The summed E-state index contributed by atoms with van der Waals surface area (Å²) in [6.07, 6.45) is -0.889. The molecule has 3 rings (SSSR count). The summed E-state index contributed by atoms with van der Waals surface area (Å²) in [7, 11) is 4.51. The highest BCUT2D eigenvalue weighted by molar-refractivity contribution is 5.99. The van der Waals surface area contributed by atoms with Crippen molar-refractivity contribution in [3.8, 4) is 23.0 Å². The van der Waals surface area contributed by atoms with E-state index in [-0.39, 0.29) is 0 Å². The molecule has 0 fully saturated rings. The van der Waals surface area contributed by atoms with Crippen LogP contribution in [0.5, 0.6) is 23.0 Å². The number of amides is 2. The molecule has 8 heteroatoms. The fourth-order valence-corrected chi connectivity index (χ4v) is 3.42. The molecule has 0 aliphatic carbocycles. The minimum absolute atomic E-state index is 0.333. The average Bonchev–Trinajstić information content (AvgIpc) is 2.88. The van der Waals surface area contributed by atoms with Crippen molar-refractivity contribution in [3.05, 3.63) is 83.4 Å². The van der Waals surface area contributed by atoms with Gasteiger partial charge in [-0.3, -0.25) is 9.59 Å². The molecule has 3 aromatic carbocycles. The monoisotopic (exact) mass is 464 g/mol. The summed E-state index contributed by atoms with van der Waals surface area (Å²) < 4.78 is 21.7. The first-order valence-electron chi connectivity index (χ1n) is 10.7. The highest BCUT2D eigenvalue weighted by Crippen LogP contribution is 2.30. The van der Waals surface area contributed by atoms with E-state index in [0.29, 0.717) is 46.3 Å². The molecule has 0 atom stereocenters. The second-order valence-electron chi connectivity index (χ2n) is 7.12. The first-order valence-corrected chi connectivity index (χ1v) is 10.7. The van der Waals surface area contributed by atoms with Crippen molar-refractivity contribution in [2.24, 2.45) is 0 Å². The van der Waals surface area contributed by atoms with E-state index in [1.165, 1.54) is 21.3 Å². The number of carbonyl (C=O) groups excluding carboxylic acids is 2. The maximum absolute atomic E-state index is 13.2. The zero-order chi connectivity index (χ0) is 24.5. The molecule has 0 unspecified atom stereocenters. The lowest BCUT2D eigenvalue weighted by Gasteiger charge is -2.23. The lowest BCUT2D eigenvalue weighted by atomic mass is 10.1. The topological polar surface area (TPSA) is 95.1 Å². The molecule has 8 nitrogen and oxygen atoms in total. The first-order chi connectivity index (χ1) is 16.5. The van der Waals surface area contributed by atoms with Crippen molar-refractivity contribution in [2.45, 2.75) is 13.1 Å². The molecule has 0 spiro atoms. The summed E-state index contributed by atoms with van der Waals surface area (Å²) >= 11 is 0. The Labute approximate surface area is 198 Å². The van der Waals surface area contributed by atoms with Crippen molar-refractivity contribution >= 4 is 11.8 Å². The van der Waals surface area contributed by atoms with Gasteiger partial charge in [-0.15, -0.1) is 0 Å². The summed E-state index contributed by atoms with van der Waals surface area (Å²) in [6.45, 7) is 2.34. The van der Waals surface area contributed by atoms with Crippen LogP contribution in [-0.2, 0) is 0 Å². The summed E-state index contributed by atoms with van der Waals surface area (Å²) in [5, 5.41) is 5.75. The quantitative estimate of drug-likeness (QED) is 0.441. The number of carbonyl (C=O) groups is 2. The van der Waals surface area contributed by atoms with Crippen LogP contribution in [0.25, 0.3) is 0 Å². The van der Waals surface area contributed by atoms with Crippen LogP contribution in [0.1, 0.15) is 39.4 Å². The van der Waals surface area contributed by atoms with Crippen LogP contribution in [-0.4, -0.2) is 39.8 Å². The molecule has 0 bridgehead atoms. The molecular formula is C26H28N2O6. The van der Waals surface area contributed by atoms with Gasteiger partial charge in [0, 0.05) is 0 Å². The van der Waals surface area contributed by atoms with Gasteiger partial charge in [-0.1, -0.05) is 30.3 Å². The van der Waals surface area contributed by atoms with E-state index < -0.39 is 18.0 Å². The summed E-state index contributed by atoms with van der Waals surface area (Å²) in [4.78, 5) is 26.3. The molecule has 178 valence electrons. The zero-order valence-corrected chi connectivity index (χ0v) is 19.6. The van der Waals surface area contributed by atoms with Crippen molar-refractivity contribution in [3.63, 3.8) is 0 Å². The predicted octanol–water partition coefficient (Wildman–Crippen LogP) is 3.97. The molecule has 0 radical (unpaired) electrons. The predicted molar refractivity (Wildman–Crippen MR) is 128 cm³/mol. The first kappa shape index (κ1) is 24.4. The number of rotatable bonds is 10. The Morgan fingerprint density at radius 1 is 0.706 bits per heavy atom. The second-order valence-corrected chi connectivity index (χ2v) is 7.12. The van der Waals surface area contributed by atoms with Gasteiger partial charge in [0.25, 0.3) is 11.8 Å². The van der Waals surface area contributed by atoms with Crippen molar-refractivity contribution in [2.75, 3.05) is 27.9 Å². The lowest BCUT2D eigenvalue weighted by molar-refractivity contribution is 0.0880. The van der Waals surface area contributed by atoms with Gasteiger partial charge in [-0.25, -0.2) is 0 Å². The third-order valence-electron chi connectivity index (χ3n) is 5.07. The Bertz CT molecular complexity index is 1090. The fraction of sp³-hybridized carbons (Fsp3) is 0.231. The Hall–Kier alpha value is -4.20. The van der Waals surface area contributed by atoms with Gasteiger partial charge in [0.05, 0.1) is 39.1 Å². The van der Waals surface area contributed by atoms with Gasteiger partial charge in [-0.05, 0) is 48.9 Å². The molecule has 0 saturated heterocycles. The van der Waals surface area contributed by atoms with Crippen LogP contribution in [0, 0.1) is 0 Å². The van der Waals surface area contributed by atoms with Gasteiger partial charge in [0.15, 0.2) is 11.5 Å². The van der Waals surface area contributed by atoms with Gasteiger partial charge in [0.2, 0.25) is 0 Å². The molecule has 34 heavy (non-hydrogen) atoms. The SMILES string of the molecule is CCOc1ccc(C(NC(=O)c2ccccc2OC)NC(=O)c2ccccc2OC)cc1OC. The van der Waals surface area contributed by atoms with Gasteiger partial charge in [0.1, 0.15) is 17.7 Å². The largest absolute Gasteiger partial charge is 0.496 e. The molecule has 0 heterocycles. The van der Waals surface area contributed by atoms with E-state index in [9.17, 15) is 9.59 Å². The number of ether oxygens (including phenoxy) is 4. The van der Waals surface area contributed by atoms with E-state index in [4.69, 9.17) is 18.9 Å². The summed E-state index contributed by atoms with van der Waals surface area (Å²) in [6, 6.07) is 18.9. The second kappa shape index (κ2) is 11.6. The summed E-state index contributed by atoms with van der Waals surface area (Å²) in [5.74, 6) is 1.02. The molecular weight excluding hydrogens is 436 g/mol. The molecule has 2 N–H and O–H groups in total. The Kier molecular flexibility index (Phi) is 8.34. The highest BCUT2D eigenvalue weighted by atomic mass is 16.5. The van der Waals surface area contributed by atoms with Crippen molar-refractivity contribution in [1.82, 2.24) is 10.6 Å². The number of hydrogen-bond acceptors (Lipinski definition) is 6. The van der Waals surface area contributed by atoms with Crippen molar-refractivity contribution in [1.29, 1.82) is 0 Å². The molecule has 0 aromatic heterocycles. The van der Waals surface area contributed by atoms with Gasteiger partial charge in [-0.2, -0.15) is 0 Å². The number of benzene rings is 3. The lowest BCUT2D eigenvalue weighted by Crippen LogP contribution is -2.41. The number of para-hydroxylation sites is 2. The summed E-state index contributed by atoms with van der Waals surface area (Å²) in [5.41, 5.74) is 1.26. The standard InChI is InChI=1S/C26H28N2O6/c1-5-34-22-15-14-17(16-23(22)33-4)24(27-25(29)18-10-6-8-12-20(18)31-2)28-26(30)19-11-7-9-13-21(19)32-3/h6-16,24H,5H2,1-4H3,(H,27,29)(H,28,30). The van der Waals surface area contributed by atoms with E-state index in [1.54, 1.807) is 66.7 Å². The smallest absolute Gasteiger partial charge is 0.256 e. The van der Waals surface area contributed by atoms with E-state index in [1.807, 2.05) is 6.92 Å². The molecule has 0 aliphatic heterocycles. The van der Waals surface area contributed by atoms with E-state index in [2.05, 4.69) is 10.6 Å². The normalized spacial score (nSPS) is 10.4. The van der Waals surface area contributed by atoms with Crippen LogP contribution in [0.4, 0.5) is 0 Å². The Morgan fingerprint density at radius 2 is 1.21 bits per heavy atom. The minimum atomic E-state index is -0.889. The number of methoxy groups -OCH3 is 3. The van der Waals surface area contributed by atoms with Crippen molar-refractivity contribution < 1.29 is 28.5 Å². The van der Waals surface area contributed by atoms with Gasteiger partial charge < -0.3 is 29.6 Å². The van der Waals surface area contributed by atoms with Crippen LogP contribution >= 0.6 is 0 Å². The molecule has 0 aliphatic rings. The molecule has 2 amide bonds. The third kappa shape index (κ3) is 5.58. The van der Waals surface area contributed by atoms with E-state index >= 15 is 0 Å². The highest BCUT2D eigenvalue weighted by Gasteiger charge is 2.23. The zero-order valence-electron chi connectivity index (χ0n) is 19.6. The van der Waals surface area contributed by atoms with Crippen LogP contribution < -0.4 is 29.6 Å². The third-order valence-corrected chi connectivity index (χ3v) is 5.07. The maximum atomic E-state index is 13.2. The van der Waals surface area contributed by atoms with E-state index in [0.717, 1.165) is 0 Å². The Morgan fingerprint density at radius 3 is 1.68 bits per heavy atom. The average molecular weight is 465 g/mol.